The summed E-state index contributed by atoms with van der Waals surface area (Å²) in [6.07, 6.45) is 3.64. The number of carbonyl (C=O) groups is 2. The molecule has 0 aliphatic carbocycles. The first-order valence-electron chi connectivity index (χ1n) is 5.19. The molecule has 5 heteroatoms. The summed E-state index contributed by atoms with van der Waals surface area (Å²) in [4.78, 5) is 28.5. The Kier molecular flexibility index (Phi) is 3.14. The standard InChI is InChI=1S/C11H13N3O2/c15-10-8-14(5-4-13-10)11(16)6-9-2-1-3-12-7-9/h1-3,7H,4-6,8H2,(H,13,15). The topological polar surface area (TPSA) is 62.3 Å². The molecule has 1 aromatic heterocycles. The van der Waals surface area contributed by atoms with Crippen molar-refractivity contribution in [1.82, 2.24) is 15.2 Å². The van der Waals surface area contributed by atoms with Crippen LogP contribution in [-0.4, -0.2) is 41.3 Å². The van der Waals surface area contributed by atoms with Gasteiger partial charge < -0.3 is 10.2 Å². The first-order chi connectivity index (χ1) is 7.75. The van der Waals surface area contributed by atoms with Gasteiger partial charge in [-0.2, -0.15) is 0 Å². The van der Waals surface area contributed by atoms with Crippen molar-refractivity contribution >= 4 is 11.8 Å². The Morgan fingerprint density at radius 2 is 2.44 bits per heavy atom. The molecule has 0 spiro atoms. The summed E-state index contributed by atoms with van der Waals surface area (Å²) < 4.78 is 0. The molecule has 84 valence electrons. The Morgan fingerprint density at radius 3 is 3.12 bits per heavy atom. The number of piperazine rings is 1. The third-order valence-electron chi connectivity index (χ3n) is 2.47. The van der Waals surface area contributed by atoms with E-state index < -0.39 is 0 Å². The zero-order valence-electron chi connectivity index (χ0n) is 8.85. The van der Waals surface area contributed by atoms with Gasteiger partial charge in [0.15, 0.2) is 0 Å². The zero-order chi connectivity index (χ0) is 11.4. The van der Waals surface area contributed by atoms with Gasteiger partial charge in [-0.1, -0.05) is 6.07 Å². The van der Waals surface area contributed by atoms with Crippen LogP contribution in [0.5, 0.6) is 0 Å². The number of carbonyl (C=O) groups excluding carboxylic acids is 2. The molecular weight excluding hydrogens is 206 g/mol. The lowest BCUT2D eigenvalue weighted by atomic mass is 10.2. The van der Waals surface area contributed by atoms with Crippen LogP contribution in [0.3, 0.4) is 0 Å². The van der Waals surface area contributed by atoms with E-state index in [1.54, 1.807) is 23.4 Å². The number of nitrogens with zero attached hydrogens (tertiary/aromatic N) is 2. The third kappa shape index (κ3) is 2.56. The molecule has 2 amide bonds. The van der Waals surface area contributed by atoms with Crippen molar-refractivity contribution in [3.05, 3.63) is 30.1 Å². The number of nitrogens with one attached hydrogen (secondary N) is 1. The fourth-order valence-corrected chi connectivity index (χ4v) is 1.64. The predicted octanol–water partition coefficient (Wildman–Crippen LogP) is -0.417. The SMILES string of the molecule is O=C1CN(C(=O)Cc2cccnc2)CCN1. The van der Waals surface area contributed by atoms with Gasteiger partial charge in [-0.3, -0.25) is 14.6 Å². The van der Waals surface area contributed by atoms with Crippen molar-refractivity contribution in [2.75, 3.05) is 19.6 Å². The molecule has 2 heterocycles. The van der Waals surface area contributed by atoms with Crippen LogP contribution in [0.15, 0.2) is 24.5 Å². The summed E-state index contributed by atoms with van der Waals surface area (Å²) in [6.45, 7) is 1.29. The number of pyridine rings is 1. The van der Waals surface area contributed by atoms with Gasteiger partial charge in [0.25, 0.3) is 0 Å². The molecule has 16 heavy (non-hydrogen) atoms. The molecule has 0 atom stereocenters. The minimum atomic E-state index is -0.0919. The van der Waals surface area contributed by atoms with Crippen molar-refractivity contribution in [2.45, 2.75) is 6.42 Å². The van der Waals surface area contributed by atoms with E-state index in [1.165, 1.54) is 0 Å². The summed E-state index contributed by atoms with van der Waals surface area (Å²) in [5, 5.41) is 2.69. The summed E-state index contributed by atoms with van der Waals surface area (Å²) in [7, 11) is 0. The fourth-order valence-electron chi connectivity index (χ4n) is 1.64. The third-order valence-corrected chi connectivity index (χ3v) is 2.47. The molecule has 0 unspecified atom stereocenters. The number of amides is 2. The van der Waals surface area contributed by atoms with Gasteiger partial charge in [-0.05, 0) is 11.6 Å². The lowest BCUT2D eigenvalue weighted by Gasteiger charge is -2.26. The highest BCUT2D eigenvalue weighted by molar-refractivity contribution is 5.86. The fraction of sp³-hybridized carbons (Fsp3) is 0.364. The predicted molar refractivity (Wildman–Crippen MR) is 57.5 cm³/mol. The van der Waals surface area contributed by atoms with E-state index in [1.807, 2.05) is 6.07 Å². The number of hydrogen-bond acceptors (Lipinski definition) is 3. The monoisotopic (exact) mass is 219 g/mol. The Balaban J connectivity index is 1.95. The molecule has 5 nitrogen and oxygen atoms in total. The van der Waals surface area contributed by atoms with Crippen LogP contribution >= 0.6 is 0 Å². The Morgan fingerprint density at radius 1 is 1.56 bits per heavy atom. The van der Waals surface area contributed by atoms with Gasteiger partial charge in [-0.15, -0.1) is 0 Å². The minimum Gasteiger partial charge on any atom is -0.353 e. The molecule has 0 aromatic carbocycles. The summed E-state index contributed by atoms with van der Waals surface area (Å²) in [5.74, 6) is -0.117. The summed E-state index contributed by atoms with van der Waals surface area (Å²) in [5.41, 5.74) is 0.874. The van der Waals surface area contributed by atoms with Gasteiger partial charge >= 0.3 is 0 Å². The maximum Gasteiger partial charge on any atom is 0.239 e. The average molecular weight is 219 g/mol. The van der Waals surface area contributed by atoms with Crippen LogP contribution in [-0.2, 0) is 16.0 Å². The first-order valence-corrected chi connectivity index (χ1v) is 5.19. The largest absolute Gasteiger partial charge is 0.353 e. The van der Waals surface area contributed by atoms with Crippen LogP contribution in [0, 0.1) is 0 Å². The zero-order valence-corrected chi connectivity index (χ0v) is 8.85. The molecule has 1 aliphatic heterocycles. The lowest BCUT2D eigenvalue weighted by molar-refractivity contribution is -0.137. The second-order valence-corrected chi connectivity index (χ2v) is 3.70. The Hall–Kier alpha value is -1.91. The van der Waals surface area contributed by atoms with Crippen LogP contribution in [0.4, 0.5) is 0 Å². The van der Waals surface area contributed by atoms with Crippen molar-refractivity contribution in [1.29, 1.82) is 0 Å². The lowest BCUT2D eigenvalue weighted by Crippen LogP contribution is -2.50. The van der Waals surface area contributed by atoms with Gasteiger partial charge in [0, 0.05) is 25.5 Å². The number of hydrogen-bond donors (Lipinski definition) is 1. The molecule has 1 aromatic rings. The minimum absolute atomic E-state index is 0.0251. The van der Waals surface area contributed by atoms with Crippen molar-refractivity contribution in [3.8, 4) is 0 Å². The smallest absolute Gasteiger partial charge is 0.239 e. The molecule has 0 bridgehead atoms. The van der Waals surface area contributed by atoms with E-state index >= 15 is 0 Å². The van der Waals surface area contributed by atoms with Gasteiger partial charge in [0.1, 0.15) is 0 Å². The Labute approximate surface area is 93.5 Å². The van der Waals surface area contributed by atoms with E-state index in [2.05, 4.69) is 10.3 Å². The first kappa shape index (κ1) is 10.6. The van der Waals surface area contributed by atoms with Crippen molar-refractivity contribution in [3.63, 3.8) is 0 Å². The van der Waals surface area contributed by atoms with E-state index in [9.17, 15) is 9.59 Å². The van der Waals surface area contributed by atoms with Gasteiger partial charge in [0.2, 0.25) is 11.8 Å². The van der Waals surface area contributed by atoms with E-state index in [4.69, 9.17) is 0 Å². The van der Waals surface area contributed by atoms with E-state index in [0.29, 0.717) is 19.5 Å². The summed E-state index contributed by atoms with van der Waals surface area (Å²) in [6, 6.07) is 3.65. The molecular formula is C11H13N3O2. The van der Waals surface area contributed by atoms with Crippen LogP contribution in [0.25, 0.3) is 0 Å². The Bertz CT molecular complexity index is 391. The molecule has 0 radical (unpaired) electrons. The maximum atomic E-state index is 11.8. The molecule has 1 saturated heterocycles. The number of rotatable bonds is 2. The molecule has 1 fully saturated rings. The molecule has 2 rings (SSSR count). The van der Waals surface area contributed by atoms with E-state index in [-0.39, 0.29) is 18.4 Å². The van der Waals surface area contributed by atoms with Crippen molar-refractivity contribution in [2.24, 2.45) is 0 Å². The quantitative estimate of drug-likeness (QED) is 0.735. The highest BCUT2D eigenvalue weighted by Crippen LogP contribution is 2.02. The highest BCUT2D eigenvalue weighted by atomic mass is 16.2. The van der Waals surface area contributed by atoms with Crippen LogP contribution in [0.2, 0.25) is 0 Å². The van der Waals surface area contributed by atoms with E-state index in [0.717, 1.165) is 5.56 Å². The van der Waals surface area contributed by atoms with Crippen LogP contribution < -0.4 is 5.32 Å². The van der Waals surface area contributed by atoms with Gasteiger partial charge in [0.05, 0.1) is 13.0 Å². The molecule has 1 aliphatic rings. The van der Waals surface area contributed by atoms with Gasteiger partial charge in [-0.25, -0.2) is 0 Å². The highest BCUT2D eigenvalue weighted by Gasteiger charge is 2.20. The second-order valence-electron chi connectivity index (χ2n) is 3.70. The van der Waals surface area contributed by atoms with Crippen molar-refractivity contribution < 1.29 is 9.59 Å². The normalized spacial score (nSPS) is 15.8. The maximum absolute atomic E-state index is 11.8. The summed E-state index contributed by atoms with van der Waals surface area (Å²) >= 11 is 0. The molecule has 0 saturated carbocycles. The number of aromatic nitrogens is 1. The molecule has 1 N–H and O–H groups in total. The van der Waals surface area contributed by atoms with Crippen LogP contribution in [0.1, 0.15) is 5.56 Å². The average Bonchev–Trinajstić information content (AvgIpc) is 2.30. The second kappa shape index (κ2) is 4.74.